The third-order valence-corrected chi connectivity index (χ3v) is 9.04. The summed E-state index contributed by atoms with van der Waals surface area (Å²) in [5.41, 5.74) is 6.74. The molecule has 1 N–H and O–H groups in total. The highest BCUT2D eigenvalue weighted by Crippen LogP contribution is 2.50. The summed E-state index contributed by atoms with van der Waals surface area (Å²) in [6.45, 7) is 4.39. The fourth-order valence-corrected chi connectivity index (χ4v) is 6.96. The summed E-state index contributed by atoms with van der Waals surface area (Å²) >= 11 is 0. The van der Waals surface area contributed by atoms with Gasteiger partial charge in [-0.2, -0.15) is 0 Å². The molecule has 4 aromatic rings. The summed E-state index contributed by atoms with van der Waals surface area (Å²) in [4.78, 5) is 44.3. The van der Waals surface area contributed by atoms with Gasteiger partial charge in [0.2, 0.25) is 0 Å². The second-order valence-corrected chi connectivity index (χ2v) is 11.8. The van der Waals surface area contributed by atoms with Gasteiger partial charge in [-0.1, -0.05) is 85.8 Å². The number of rotatable bonds is 7. The molecular weight excluding hydrogens is 562 g/mol. The fourth-order valence-electron chi connectivity index (χ4n) is 6.96. The first-order chi connectivity index (χ1) is 22.0. The highest BCUT2D eigenvalue weighted by Gasteiger charge is 2.40. The molecule has 0 aliphatic carbocycles. The number of amides is 4. The molecule has 2 atom stereocenters. The molecule has 3 aliphatic heterocycles. The van der Waals surface area contributed by atoms with Crippen LogP contribution in [0.2, 0.25) is 0 Å². The highest BCUT2D eigenvalue weighted by molar-refractivity contribution is 6.39. The van der Waals surface area contributed by atoms with E-state index >= 15 is 0 Å². The van der Waals surface area contributed by atoms with Gasteiger partial charge in [0.25, 0.3) is 11.8 Å². The average molecular weight is 598 g/mol. The minimum Gasteiger partial charge on any atom is -0.493 e. The Morgan fingerprint density at radius 1 is 0.800 bits per heavy atom. The van der Waals surface area contributed by atoms with Gasteiger partial charge in [0.1, 0.15) is 11.3 Å². The van der Waals surface area contributed by atoms with E-state index in [9.17, 15) is 14.4 Å². The van der Waals surface area contributed by atoms with Crippen LogP contribution < -0.4 is 19.9 Å². The SMILES string of the molecule is CCCOc1ccccc1/C=C1\C(=O)NC(=O)N(c2cc3c4c(c2)[C@@H](c2ccccc2)CCN4CC[C@@H]3c2ccccc2)C1=O. The predicted octanol–water partition coefficient (Wildman–Crippen LogP) is 7.02. The van der Waals surface area contributed by atoms with E-state index in [2.05, 4.69) is 58.7 Å². The zero-order chi connectivity index (χ0) is 30.9. The number of ether oxygens (including phenoxy) is 1. The largest absolute Gasteiger partial charge is 0.493 e. The molecule has 4 aromatic carbocycles. The van der Waals surface area contributed by atoms with Crippen molar-refractivity contribution in [3.63, 3.8) is 0 Å². The monoisotopic (exact) mass is 597 g/mol. The van der Waals surface area contributed by atoms with Crippen molar-refractivity contribution < 1.29 is 19.1 Å². The Labute approximate surface area is 263 Å². The number of hydrogen-bond acceptors (Lipinski definition) is 5. The number of anilines is 2. The van der Waals surface area contributed by atoms with Crippen LogP contribution in [0.4, 0.5) is 16.2 Å². The topological polar surface area (TPSA) is 79.0 Å². The van der Waals surface area contributed by atoms with E-state index in [1.165, 1.54) is 22.9 Å². The van der Waals surface area contributed by atoms with E-state index in [-0.39, 0.29) is 17.4 Å². The summed E-state index contributed by atoms with van der Waals surface area (Å²) in [5, 5.41) is 2.43. The van der Waals surface area contributed by atoms with E-state index in [0.717, 1.165) is 48.4 Å². The average Bonchev–Trinajstić information content (AvgIpc) is 3.07. The summed E-state index contributed by atoms with van der Waals surface area (Å²) in [5.74, 6) is -0.593. The Kier molecular flexibility index (Phi) is 7.67. The lowest BCUT2D eigenvalue weighted by Crippen LogP contribution is -2.54. The summed E-state index contributed by atoms with van der Waals surface area (Å²) in [7, 11) is 0. The molecular formula is C38H35N3O4. The Morgan fingerprint density at radius 3 is 1.98 bits per heavy atom. The molecule has 1 fully saturated rings. The van der Waals surface area contributed by atoms with Crippen LogP contribution in [0.25, 0.3) is 6.08 Å². The standard InChI is InChI=1S/C38H35N3O4/c1-2-21-45-34-16-10-9-15-27(34)22-33-36(42)39-38(44)41(37(33)43)28-23-31-29(25-11-5-3-6-12-25)17-19-40-20-18-30(32(24-28)35(31)40)26-13-7-4-8-14-26/h3-16,22-24,29-30H,2,17-21H2,1H3,(H,39,42,44)/b33-22+/t29-,30-/m1/s1. The lowest BCUT2D eigenvalue weighted by molar-refractivity contribution is -0.122. The van der Waals surface area contributed by atoms with Gasteiger partial charge in [0.15, 0.2) is 0 Å². The molecule has 1 saturated heterocycles. The number of nitrogens with zero attached hydrogens (tertiary/aromatic N) is 2. The molecule has 7 heteroatoms. The molecule has 0 radical (unpaired) electrons. The minimum atomic E-state index is -0.749. The zero-order valence-electron chi connectivity index (χ0n) is 25.2. The van der Waals surface area contributed by atoms with Crippen LogP contribution in [0.15, 0.2) is 103 Å². The van der Waals surface area contributed by atoms with E-state index in [1.54, 1.807) is 6.07 Å². The van der Waals surface area contributed by atoms with Gasteiger partial charge >= 0.3 is 6.03 Å². The Hall–Kier alpha value is -5.17. The van der Waals surface area contributed by atoms with Crippen LogP contribution in [0.5, 0.6) is 5.75 Å². The zero-order valence-corrected chi connectivity index (χ0v) is 25.2. The summed E-state index contributed by atoms with van der Waals surface area (Å²) < 4.78 is 5.87. The predicted molar refractivity (Wildman–Crippen MR) is 176 cm³/mol. The van der Waals surface area contributed by atoms with Gasteiger partial charge in [0.05, 0.1) is 12.3 Å². The Morgan fingerprint density at radius 2 is 1.38 bits per heavy atom. The molecule has 4 amide bonds. The number of benzene rings is 4. The van der Waals surface area contributed by atoms with Crippen molar-refractivity contribution in [3.8, 4) is 5.75 Å². The van der Waals surface area contributed by atoms with Crippen molar-refractivity contribution >= 4 is 35.3 Å². The first kappa shape index (κ1) is 28.6. The van der Waals surface area contributed by atoms with Crippen molar-refractivity contribution in [3.05, 3.63) is 130 Å². The maximum atomic E-state index is 14.2. The molecule has 0 unspecified atom stereocenters. The van der Waals surface area contributed by atoms with Gasteiger partial charge in [-0.3, -0.25) is 14.9 Å². The molecule has 7 rings (SSSR count). The van der Waals surface area contributed by atoms with Crippen molar-refractivity contribution in [1.29, 1.82) is 0 Å². The molecule has 0 saturated carbocycles. The minimum absolute atomic E-state index is 0.105. The molecule has 0 spiro atoms. The molecule has 226 valence electrons. The molecule has 45 heavy (non-hydrogen) atoms. The number of para-hydroxylation sites is 1. The van der Waals surface area contributed by atoms with Crippen LogP contribution in [-0.2, 0) is 9.59 Å². The van der Waals surface area contributed by atoms with Gasteiger partial charge in [-0.25, -0.2) is 9.69 Å². The summed E-state index contributed by atoms with van der Waals surface area (Å²) in [6, 6.07) is 31.3. The normalized spacial score (nSPS) is 20.2. The second-order valence-electron chi connectivity index (χ2n) is 11.8. The van der Waals surface area contributed by atoms with E-state index < -0.39 is 17.8 Å². The number of barbiturate groups is 1. The first-order valence-corrected chi connectivity index (χ1v) is 15.7. The lowest BCUT2D eigenvalue weighted by atomic mass is 9.76. The van der Waals surface area contributed by atoms with Crippen LogP contribution in [0.3, 0.4) is 0 Å². The van der Waals surface area contributed by atoms with Gasteiger partial charge < -0.3 is 9.64 Å². The smallest absolute Gasteiger partial charge is 0.335 e. The number of nitrogens with one attached hydrogen (secondary N) is 1. The second kappa shape index (κ2) is 12.1. The molecule has 0 bridgehead atoms. The molecule has 3 heterocycles. The number of imide groups is 2. The van der Waals surface area contributed by atoms with Crippen molar-refractivity contribution in [2.24, 2.45) is 0 Å². The molecule has 3 aliphatic rings. The number of carbonyl (C=O) groups is 3. The maximum absolute atomic E-state index is 14.2. The number of hydrogen-bond donors (Lipinski definition) is 1. The van der Waals surface area contributed by atoms with Crippen LogP contribution >= 0.6 is 0 Å². The van der Waals surface area contributed by atoms with E-state index in [0.29, 0.717) is 23.6 Å². The maximum Gasteiger partial charge on any atom is 0.335 e. The van der Waals surface area contributed by atoms with Crippen LogP contribution in [0, 0.1) is 0 Å². The van der Waals surface area contributed by atoms with Crippen molar-refractivity contribution in [2.75, 3.05) is 29.5 Å². The third kappa shape index (κ3) is 5.29. The summed E-state index contributed by atoms with van der Waals surface area (Å²) in [6.07, 6.45) is 4.19. The molecule has 7 nitrogen and oxygen atoms in total. The first-order valence-electron chi connectivity index (χ1n) is 15.7. The van der Waals surface area contributed by atoms with Crippen LogP contribution in [-0.4, -0.2) is 37.5 Å². The lowest BCUT2D eigenvalue weighted by Gasteiger charge is -2.44. The van der Waals surface area contributed by atoms with Gasteiger partial charge in [-0.15, -0.1) is 0 Å². The Balaban J connectivity index is 1.37. The van der Waals surface area contributed by atoms with Crippen LogP contribution in [0.1, 0.15) is 65.8 Å². The highest BCUT2D eigenvalue weighted by atomic mass is 16.5. The van der Waals surface area contributed by atoms with Gasteiger partial charge in [-0.05, 0) is 65.8 Å². The molecule has 0 aromatic heterocycles. The number of carbonyl (C=O) groups excluding carboxylic acids is 3. The van der Waals surface area contributed by atoms with Gasteiger partial charge in [0, 0.05) is 36.2 Å². The van der Waals surface area contributed by atoms with Crippen molar-refractivity contribution in [1.82, 2.24) is 5.32 Å². The van der Waals surface area contributed by atoms with E-state index in [4.69, 9.17) is 4.74 Å². The van der Waals surface area contributed by atoms with Crippen molar-refractivity contribution in [2.45, 2.75) is 38.0 Å². The fraction of sp³-hybridized carbons (Fsp3) is 0.237. The van der Waals surface area contributed by atoms with E-state index in [1.807, 2.05) is 49.4 Å². The Bertz CT molecular complexity index is 1730. The third-order valence-electron chi connectivity index (χ3n) is 9.04. The number of urea groups is 1. The quantitative estimate of drug-likeness (QED) is 0.183.